The van der Waals surface area contributed by atoms with E-state index in [2.05, 4.69) is 45.1 Å². The summed E-state index contributed by atoms with van der Waals surface area (Å²) in [4.78, 5) is 13.7. The molecule has 6 saturated heterocycles. The average Bonchev–Trinajstić information content (AvgIpc) is 3.19. The number of fused-ring (bicyclic) bond motifs is 8. The first-order valence-electron chi connectivity index (χ1n) is 18.1. The molecule has 4 N–H and O–H groups in total. The Balaban J connectivity index is 0.000000182. The van der Waals surface area contributed by atoms with Gasteiger partial charge in [0.05, 0.1) is 37.5 Å². The first-order valence-corrected chi connectivity index (χ1v) is 19.5. The van der Waals surface area contributed by atoms with Crippen LogP contribution in [-0.4, -0.2) is 130 Å². The van der Waals surface area contributed by atoms with Gasteiger partial charge in [0, 0.05) is 48.3 Å². The molecule has 0 unspecified atom stereocenters. The number of piperidine rings is 6. The van der Waals surface area contributed by atoms with Crippen molar-refractivity contribution in [3.05, 3.63) is 97.4 Å². The van der Waals surface area contributed by atoms with Gasteiger partial charge in [-0.15, -0.1) is 13.2 Å². The first-order chi connectivity index (χ1) is 25.4. The zero-order chi connectivity index (χ0) is 37.9. The van der Waals surface area contributed by atoms with Crippen molar-refractivity contribution in [2.45, 2.75) is 50.0 Å². The predicted molar refractivity (Wildman–Crippen MR) is 211 cm³/mol. The van der Waals surface area contributed by atoms with E-state index in [0.717, 1.165) is 83.5 Å². The van der Waals surface area contributed by atoms with E-state index in [1.807, 2.05) is 48.5 Å². The van der Waals surface area contributed by atoms with Crippen molar-refractivity contribution in [3.63, 3.8) is 0 Å². The molecule has 2 aromatic heterocycles. The third-order valence-electron chi connectivity index (χ3n) is 11.6. The monoisotopic (exact) mass is 770 g/mol. The Bertz CT molecular complexity index is 1900. The Morgan fingerprint density at radius 3 is 1.44 bits per heavy atom. The van der Waals surface area contributed by atoms with E-state index < -0.39 is 22.6 Å². The molecule has 10 atom stereocenters. The summed E-state index contributed by atoms with van der Waals surface area (Å²) >= 11 is 0. The molecular formula is C40H51N4NaO8S. The standard InChI is InChI=1S/2C20H24N2O2.Na.H2O4S.H/c2*1-3-13-12-22-9-7-14(13)10-19(22)20(23)16-6-8-21-18-5-4-15(24-2)11-17(16)18;;1-5(2,3)4;/h2*3-6,8,11,13-14,19-20,23H,1,7,9-10,12H2,2H3;;(H2,1,2,3,4);/t2*13-,14-,19-,20+;;;/m00.../s1. The number of aliphatic hydroxyl groups is 2. The van der Waals surface area contributed by atoms with Gasteiger partial charge < -0.3 is 19.7 Å². The molecule has 0 saturated carbocycles. The summed E-state index contributed by atoms with van der Waals surface area (Å²) in [6.07, 6.45) is 11.2. The number of aromatic nitrogens is 2. The van der Waals surface area contributed by atoms with E-state index in [1.165, 1.54) is 12.8 Å². The van der Waals surface area contributed by atoms with E-state index in [9.17, 15) is 10.2 Å². The van der Waals surface area contributed by atoms with Gasteiger partial charge in [-0.05, 0) is 122 Å². The fourth-order valence-corrected chi connectivity index (χ4v) is 8.89. The van der Waals surface area contributed by atoms with Crippen LogP contribution in [0.1, 0.15) is 49.0 Å². The molecule has 2 aromatic carbocycles. The van der Waals surface area contributed by atoms with Crippen molar-refractivity contribution < 1.29 is 37.2 Å². The number of ether oxygens (including phenoxy) is 2. The van der Waals surface area contributed by atoms with Crippen LogP contribution in [0.2, 0.25) is 0 Å². The van der Waals surface area contributed by atoms with E-state index in [0.29, 0.717) is 23.7 Å². The maximum atomic E-state index is 11.2. The molecule has 8 heterocycles. The van der Waals surface area contributed by atoms with Crippen LogP contribution in [0.25, 0.3) is 21.8 Å². The molecule has 286 valence electrons. The molecule has 0 radical (unpaired) electrons. The maximum absolute atomic E-state index is 11.2. The van der Waals surface area contributed by atoms with Gasteiger partial charge in [-0.25, -0.2) is 0 Å². The van der Waals surface area contributed by atoms with Gasteiger partial charge in [-0.1, -0.05) is 12.2 Å². The fourth-order valence-electron chi connectivity index (χ4n) is 8.89. The van der Waals surface area contributed by atoms with Crippen LogP contribution in [0.4, 0.5) is 0 Å². The third kappa shape index (κ3) is 9.52. The topological polar surface area (TPSA) is 166 Å². The van der Waals surface area contributed by atoms with Gasteiger partial charge in [-0.2, -0.15) is 8.42 Å². The Labute approximate surface area is 339 Å². The van der Waals surface area contributed by atoms with Gasteiger partial charge in [-0.3, -0.25) is 28.9 Å². The molecule has 4 aromatic rings. The summed E-state index contributed by atoms with van der Waals surface area (Å²) in [5, 5.41) is 24.3. The van der Waals surface area contributed by atoms with Crippen molar-refractivity contribution in [1.29, 1.82) is 0 Å². The molecule has 0 aliphatic carbocycles. The zero-order valence-corrected chi connectivity index (χ0v) is 31.1. The van der Waals surface area contributed by atoms with Crippen LogP contribution < -0.4 is 9.47 Å². The first kappa shape index (κ1) is 42.2. The number of nitrogens with zero attached hydrogens (tertiary/aromatic N) is 4. The summed E-state index contributed by atoms with van der Waals surface area (Å²) in [7, 11) is -1.34. The fraction of sp³-hybridized carbons (Fsp3) is 0.450. The Morgan fingerprint density at radius 2 is 1.13 bits per heavy atom. The summed E-state index contributed by atoms with van der Waals surface area (Å²) in [6.45, 7) is 12.1. The van der Waals surface area contributed by atoms with Gasteiger partial charge >= 0.3 is 40.0 Å². The normalized spacial score (nSPS) is 28.0. The molecule has 6 aliphatic heterocycles. The number of rotatable bonds is 8. The van der Waals surface area contributed by atoms with E-state index in [4.69, 9.17) is 27.0 Å². The summed E-state index contributed by atoms with van der Waals surface area (Å²) in [6, 6.07) is 15.9. The van der Waals surface area contributed by atoms with E-state index in [-0.39, 0.29) is 41.6 Å². The van der Waals surface area contributed by atoms with E-state index in [1.54, 1.807) is 26.6 Å². The van der Waals surface area contributed by atoms with Crippen molar-refractivity contribution in [1.82, 2.24) is 19.8 Å². The van der Waals surface area contributed by atoms with Crippen molar-refractivity contribution >= 4 is 61.8 Å². The molecule has 6 fully saturated rings. The van der Waals surface area contributed by atoms with Crippen molar-refractivity contribution in [3.8, 4) is 11.5 Å². The van der Waals surface area contributed by atoms with Gasteiger partial charge in [0.2, 0.25) is 0 Å². The van der Waals surface area contributed by atoms with Crippen LogP contribution in [0.15, 0.2) is 86.2 Å². The van der Waals surface area contributed by atoms with Gasteiger partial charge in [0.25, 0.3) is 0 Å². The SMILES string of the molecule is C=C[C@H]1C[N@]2CC[C@H]1C[C@H]2[C@H](O)c1ccnc2ccc(OC)cc12.C=C[C@H]1C[N@]2CC[C@H]1C[C@H]2[C@H](O)c1ccnc2ccc(OC)cc12.O=S(=O)(O)O.[NaH]. The molecule has 54 heavy (non-hydrogen) atoms. The number of aliphatic hydroxyl groups excluding tert-OH is 2. The Morgan fingerprint density at radius 1 is 0.741 bits per heavy atom. The van der Waals surface area contributed by atoms with Crippen LogP contribution in [0.3, 0.4) is 0 Å². The third-order valence-corrected chi connectivity index (χ3v) is 11.6. The number of benzene rings is 2. The van der Waals surface area contributed by atoms with Gasteiger partial charge in [0.15, 0.2) is 0 Å². The number of pyridine rings is 2. The van der Waals surface area contributed by atoms with Crippen molar-refractivity contribution in [2.24, 2.45) is 23.7 Å². The molecule has 14 heteroatoms. The second-order valence-electron chi connectivity index (χ2n) is 14.4. The quantitative estimate of drug-likeness (QED) is 0.107. The number of hydrogen-bond acceptors (Lipinski definition) is 10. The molecule has 0 amide bonds. The average molecular weight is 771 g/mol. The van der Waals surface area contributed by atoms with Crippen LogP contribution in [-0.2, 0) is 10.4 Å². The second kappa shape index (κ2) is 18.3. The molecule has 10 rings (SSSR count). The van der Waals surface area contributed by atoms with Crippen LogP contribution in [0, 0.1) is 23.7 Å². The van der Waals surface area contributed by atoms with Gasteiger partial charge in [0.1, 0.15) is 11.5 Å². The predicted octanol–water partition coefficient (Wildman–Crippen LogP) is 5.05. The number of hydrogen-bond donors (Lipinski definition) is 4. The second-order valence-corrected chi connectivity index (χ2v) is 15.3. The van der Waals surface area contributed by atoms with Crippen molar-refractivity contribution in [2.75, 3.05) is 40.4 Å². The minimum atomic E-state index is -4.67. The zero-order valence-electron chi connectivity index (χ0n) is 30.2. The summed E-state index contributed by atoms with van der Waals surface area (Å²) in [5.41, 5.74) is 3.69. The minimum absolute atomic E-state index is 0. The molecule has 0 spiro atoms. The summed E-state index contributed by atoms with van der Waals surface area (Å²) in [5.74, 6) is 4.01. The summed E-state index contributed by atoms with van der Waals surface area (Å²) < 4.78 is 42.3. The van der Waals surface area contributed by atoms with Crippen LogP contribution >= 0.6 is 0 Å². The Hall–Kier alpha value is -2.95. The Kier molecular flexibility index (Phi) is 14.3. The van der Waals surface area contributed by atoms with Crippen LogP contribution in [0.5, 0.6) is 11.5 Å². The number of methoxy groups -OCH3 is 2. The molecule has 4 bridgehead atoms. The molecular weight excluding hydrogens is 720 g/mol. The van der Waals surface area contributed by atoms with E-state index >= 15 is 0 Å². The molecule has 6 aliphatic rings. The molecule has 12 nitrogen and oxygen atoms in total.